The lowest BCUT2D eigenvalue weighted by atomic mass is 9.58. The predicted molar refractivity (Wildman–Crippen MR) is 167 cm³/mol. The van der Waals surface area contributed by atoms with Crippen LogP contribution in [0.1, 0.15) is 36.8 Å². The first kappa shape index (κ1) is 34.8. The van der Waals surface area contributed by atoms with Crippen LogP contribution in [0.4, 0.5) is 10.3 Å². The van der Waals surface area contributed by atoms with Gasteiger partial charge in [0.2, 0.25) is 11.9 Å². The topological polar surface area (TPSA) is 172 Å². The summed E-state index contributed by atoms with van der Waals surface area (Å²) in [5.41, 5.74) is 1.44. The van der Waals surface area contributed by atoms with Crippen molar-refractivity contribution in [2.24, 2.45) is 17.3 Å². The number of amides is 1. The summed E-state index contributed by atoms with van der Waals surface area (Å²) in [6, 6.07) is 4.90. The van der Waals surface area contributed by atoms with Crippen LogP contribution in [-0.4, -0.2) is 123 Å². The van der Waals surface area contributed by atoms with Gasteiger partial charge < -0.3 is 45.4 Å². The molecule has 254 valence electrons. The fourth-order valence-corrected chi connectivity index (χ4v) is 6.90. The number of aliphatic hydroxyl groups is 5. The molecule has 2 aliphatic heterocycles. The first-order valence-corrected chi connectivity index (χ1v) is 16.3. The van der Waals surface area contributed by atoms with Crippen molar-refractivity contribution in [2.75, 3.05) is 57.4 Å². The Morgan fingerprint density at radius 3 is 2.39 bits per heavy atom. The molecule has 0 radical (unpaired) electrons. The minimum Gasteiger partial charge on any atom is -0.394 e. The molecule has 4 unspecified atom stereocenters. The maximum absolute atomic E-state index is 14.8. The number of ether oxygens (including phenoxy) is 1. The maximum atomic E-state index is 14.8. The lowest BCUT2D eigenvalue weighted by Crippen LogP contribution is -2.55. The van der Waals surface area contributed by atoms with Crippen LogP contribution < -0.4 is 10.2 Å². The van der Waals surface area contributed by atoms with E-state index in [2.05, 4.69) is 20.2 Å². The molecule has 1 saturated carbocycles. The quantitative estimate of drug-likeness (QED) is 0.157. The molecule has 14 heteroatoms. The summed E-state index contributed by atoms with van der Waals surface area (Å²) >= 11 is 5.90. The highest BCUT2D eigenvalue weighted by Crippen LogP contribution is 2.52. The number of hydrogen-bond acceptors (Lipinski definition) is 11. The fraction of sp³-hybridized carbons (Fsp3) is 0.656. The third-order valence-corrected chi connectivity index (χ3v) is 9.86. The molecule has 1 aromatic carbocycles. The van der Waals surface area contributed by atoms with Gasteiger partial charge in [-0.25, -0.2) is 14.4 Å². The Morgan fingerprint density at radius 1 is 1.07 bits per heavy atom. The molecule has 1 aromatic heterocycles. The number of nitrogens with one attached hydrogen (secondary N) is 1. The van der Waals surface area contributed by atoms with Gasteiger partial charge in [0.05, 0.1) is 43.2 Å². The average Bonchev–Trinajstić information content (AvgIpc) is 3.01. The molecule has 2 saturated heterocycles. The highest BCUT2D eigenvalue weighted by molar-refractivity contribution is 6.30. The van der Waals surface area contributed by atoms with Gasteiger partial charge in [-0.05, 0) is 54.2 Å². The molecule has 5 rings (SSSR count). The molecular formula is C32H45ClFN5O7. The second-order valence-corrected chi connectivity index (χ2v) is 13.6. The summed E-state index contributed by atoms with van der Waals surface area (Å²) in [7, 11) is 0. The maximum Gasteiger partial charge on any atom is 0.227 e. The second kappa shape index (κ2) is 15.6. The Morgan fingerprint density at radius 2 is 1.74 bits per heavy atom. The molecule has 3 aliphatic rings. The van der Waals surface area contributed by atoms with Gasteiger partial charge in [0.15, 0.2) is 0 Å². The van der Waals surface area contributed by atoms with Crippen molar-refractivity contribution in [3.8, 4) is 0 Å². The van der Waals surface area contributed by atoms with Gasteiger partial charge in [-0.1, -0.05) is 23.7 Å². The predicted octanol–water partition coefficient (Wildman–Crippen LogP) is 0.509. The number of aliphatic hydroxyl groups excluding tert-OH is 5. The number of halogens is 2. The molecule has 1 amide bonds. The van der Waals surface area contributed by atoms with Crippen LogP contribution in [0.15, 0.2) is 30.6 Å². The van der Waals surface area contributed by atoms with Gasteiger partial charge in [-0.2, -0.15) is 0 Å². The number of piperidine rings is 1. The van der Waals surface area contributed by atoms with Crippen molar-refractivity contribution < 1.29 is 39.5 Å². The van der Waals surface area contributed by atoms with E-state index in [-0.39, 0.29) is 24.8 Å². The molecule has 6 N–H and O–H groups in total. The zero-order valence-corrected chi connectivity index (χ0v) is 26.6. The van der Waals surface area contributed by atoms with E-state index in [4.69, 9.17) is 21.4 Å². The van der Waals surface area contributed by atoms with Crippen molar-refractivity contribution in [2.45, 2.75) is 63.1 Å². The van der Waals surface area contributed by atoms with Crippen molar-refractivity contribution in [3.63, 3.8) is 0 Å². The number of rotatable bonds is 15. The summed E-state index contributed by atoms with van der Waals surface area (Å²) in [5.74, 6) is 0.780. The molecule has 12 nitrogen and oxygen atoms in total. The zero-order valence-electron chi connectivity index (χ0n) is 25.8. The number of benzene rings is 1. The van der Waals surface area contributed by atoms with Crippen LogP contribution >= 0.6 is 11.6 Å². The van der Waals surface area contributed by atoms with Gasteiger partial charge in [-0.3, -0.25) is 4.79 Å². The fourth-order valence-electron chi connectivity index (χ4n) is 6.80. The molecule has 3 fully saturated rings. The Labute approximate surface area is 273 Å². The normalized spacial score (nSPS) is 21.0. The van der Waals surface area contributed by atoms with Crippen LogP contribution in [0, 0.1) is 23.1 Å². The summed E-state index contributed by atoms with van der Waals surface area (Å²) in [4.78, 5) is 25.2. The Balaban J connectivity index is 0.943. The molecule has 3 heterocycles. The van der Waals surface area contributed by atoms with Crippen molar-refractivity contribution in [1.29, 1.82) is 0 Å². The van der Waals surface area contributed by atoms with E-state index in [9.17, 15) is 29.6 Å². The Kier molecular flexibility index (Phi) is 11.8. The molecule has 46 heavy (non-hydrogen) atoms. The molecule has 0 bridgehead atoms. The lowest BCUT2D eigenvalue weighted by molar-refractivity contribution is -0.136. The monoisotopic (exact) mass is 665 g/mol. The Bertz CT molecular complexity index is 1290. The number of likely N-dealkylation sites (tertiary alicyclic amines) is 1. The highest BCUT2D eigenvalue weighted by Gasteiger charge is 2.46. The number of aromatic nitrogens is 2. The van der Waals surface area contributed by atoms with Gasteiger partial charge in [0.1, 0.15) is 24.1 Å². The summed E-state index contributed by atoms with van der Waals surface area (Å²) in [6.07, 6.45) is 1.52. The minimum atomic E-state index is -1.67. The highest BCUT2D eigenvalue weighted by atomic mass is 35.5. The van der Waals surface area contributed by atoms with Gasteiger partial charge in [0.25, 0.3) is 0 Å². The SMILES string of the molecule is O=C(Cc1ccc(COCC2CC3(CCN(c4ncc(Cl)cn4)CC3)C2)cc1F)N1CC(CNCC(O)C(O)C(O)C(O)CO)C1. The van der Waals surface area contributed by atoms with E-state index in [1.807, 2.05) is 6.07 Å². The van der Waals surface area contributed by atoms with Crippen LogP contribution in [0.5, 0.6) is 0 Å². The van der Waals surface area contributed by atoms with E-state index in [1.54, 1.807) is 23.4 Å². The second-order valence-electron chi connectivity index (χ2n) is 13.2. The van der Waals surface area contributed by atoms with E-state index in [0.717, 1.165) is 50.3 Å². The third-order valence-electron chi connectivity index (χ3n) is 9.66. The molecule has 2 aromatic rings. The van der Waals surface area contributed by atoms with Crippen LogP contribution in [-0.2, 0) is 22.6 Å². The van der Waals surface area contributed by atoms with Crippen molar-refractivity contribution in [3.05, 3.63) is 52.6 Å². The molecule has 1 aliphatic carbocycles. The first-order chi connectivity index (χ1) is 22.1. The van der Waals surface area contributed by atoms with Crippen molar-refractivity contribution in [1.82, 2.24) is 20.2 Å². The number of carbonyl (C=O) groups is 1. The smallest absolute Gasteiger partial charge is 0.227 e. The summed E-state index contributed by atoms with van der Waals surface area (Å²) in [5, 5.41) is 51.3. The van der Waals surface area contributed by atoms with E-state index >= 15 is 0 Å². The zero-order chi connectivity index (χ0) is 32.8. The van der Waals surface area contributed by atoms with Gasteiger partial charge in [-0.15, -0.1) is 0 Å². The standard InChI is InChI=1S/C32H45ClFN5O7/c33-24-12-36-31(37-13-24)38-5-3-32(4-6-38)9-21(10-32)19-46-18-20-1-2-23(25(34)7-20)8-28(43)39-15-22(16-39)11-35-14-26(41)29(44)30(45)27(42)17-40/h1-2,7,12-13,21-22,26-27,29-30,35,40-42,44-45H,3-6,8-11,14-19H2. The lowest BCUT2D eigenvalue weighted by Gasteiger charge is -2.52. The largest absolute Gasteiger partial charge is 0.394 e. The number of hydrogen-bond donors (Lipinski definition) is 6. The van der Waals surface area contributed by atoms with E-state index in [0.29, 0.717) is 54.8 Å². The summed E-state index contributed by atoms with van der Waals surface area (Å²) in [6.45, 7) is 3.50. The van der Waals surface area contributed by atoms with E-state index in [1.165, 1.54) is 6.07 Å². The van der Waals surface area contributed by atoms with Crippen molar-refractivity contribution >= 4 is 23.5 Å². The van der Waals surface area contributed by atoms with Crippen LogP contribution in [0.25, 0.3) is 0 Å². The van der Waals surface area contributed by atoms with Crippen LogP contribution in [0.2, 0.25) is 5.02 Å². The summed E-state index contributed by atoms with van der Waals surface area (Å²) < 4.78 is 20.8. The minimum absolute atomic E-state index is 0.0329. The number of carbonyl (C=O) groups excluding carboxylic acids is 1. The molecular weight excluding hydrogens is 621 g/mol. The van der Waals surface area contributed by atoms with Gasteiger partial charge >= 0.3 is 0 Å². The first-order valence-electron chi connectivity index (χ1n) is 15.9. The van der Waals surface area contributed by atoms with Crippen LogP contribution in [0.3, 0.4) is 0 Å². The Hall–Kier alpha value is -2.49. The number of nitrogens with zero attached hydrogens (tertiary/aromatic N) is 4. The molecule has 1 spiro atoms. The average molecular weight is 666 g/mol. The van der Waals surface area contributed by atoms with Gasteiger partial charge in [0, 0.05) is 51.8 Å². The number of anilines is 1. The molecule has 4 atom stereocenters. The third kappa shape index (κ3) is 8.70. The van der Waals surface area contributed by atoms with E-state index < -0.39 is 36.8 Å².